The highest BCUT2D eigenvalue weighted by Gasteiger charge is 2.42. The molecule has 2 atom stereocenters. The molecular weight excluding hydrogens is 278 g/mol. The van der Waals surface area contributed by atoms with Gasteiger partial charge in [0, 0.05) is 30.9 Å². The van der Waals surface area contributed by atoms with Crippen molar-refractivity contribution < 1.29 is 9.47 Å². The first-order valence-corrected chi connectivity index (χ1v) is 7.81. The van der Waals surface area contributed by atoms with Gasteiger partial charge < -0.3 is 9.47 Å². The van der Waals surface area contributed by atoms with Crippen LogP contribution >= 0.6 is 0 Å². The fourth-order valence-corrected chi connectivity index (χ4v) is 2.79. The molecule has 1 aliphatic carbocycles. The van der Waals surface area contributed by atoms with Crippen LogP contribution in [0, 0.1) is 0 Å². The highest BCUT2D eigenvalue weighted by Crippen LogP contribution is 2.34. The fourth-order valence-electron chi connectivity index (χ4n) is 2.79. The third kappa shape index (κ3) is 3.04. The van der Waals surface area contributed by atoms with E-state index in [0.29, 0.717) is 11.9 Å². The molecule has 0 N–H and O–H groups in total. The van der Waals surface area contributed by atoms with Crippen molar-refractivity contribution in [2.75, 3.05) is 13.2 Å². The first-order valence-electron chi connectivity index (χ1n) is 7.81. The summed E-state index contributed by atoms with van der Waals surface area (Å²) in [6.07, 6.45) is 7.23. The summed E-state index contributed by atoms with van der Waals surface area (Å²) in [5, 5.41) is 0. The lowest BCUT2D eigenvalue weighted by Crippen LogP contribution is -2.29. The predicted molar refractivity (Wildman–Crippen MR) is 82.2 cm³/mol. The molecule has 5 nitrogen and oxygen atoms in total. The molecule has 114 valence electrons. The Labute approximate surface area is 129 Å². The molecule has 4 rings (SSSR count). The number of hydrogen-bond acceptors (Lipinski definition) is 5. The fraction of sp³-hybridized carbons (Fsp3) is 0.412. The highest BCUT2D eigenvalue weighted by molar-refractivity contribution is 5.35. The lowest BCUT2D eigenvalue weighted by Gasteiger charge is -2.27. The van der Waals surface area contributed by atoms with Crippen LogP contribution in [-0.2, 0) is 0 Å². The van der Waals surface area contributed by atoms with E-state index in [-0.39, 0.29) is 0 Å². The molecule has 2 aliphatic rings. The standard InChI is InChI=1S/C17H19N3O2/c1-3-13(4-1)20-10-14(20)11-21-15-5-2-6-16(9-15)22-17-7-8-18-12-19-17/h2,5-9,12-14H,1,3-4,10-11H2. The molecule has 0 spiro atoms. The Morgan fingerprint density at radius 1 is 1.18 bits per heavy atom. The van der Waals surface area contributed by atoms with Gasteiger partial charge in [0.25, 0.3) is 0 Å². The third-order valence-electron chi connectivity index (χ3n) is 4.33. The molecule has 0 amide bonds. The maximum Gasteiger partial charge on any atom is 0.222 e. The zero-order chi connectivity index (χ0) is 14.8. The van der Waals surface area contributed by atoms with E-state index in [0.717, 1.165) is 24.1 Å². The van der Waals surface area contributed by atoms with E-state index < -0.39 is 0 Å². The van der Waals surface area contributed by atoms with E-state index in [1.807, 2.05) is 24.3 Å². The Bertz CT molecular complexity index is 631. The Morgan fingerprint density at radius 2 is 2.09 bits per heavy atom. The third-order valence-corrected chi connectivity index (χ3v) is 4.33. The SMILES string of the molecule is c1cc(OCC2CN2C2CCC2)cc(Oc2ccncn2)c1. The highest BCUT2D eigenvalue weighted by atomic mass is 16.5. The van der Waals surface area contributed by atoms with E-state index in [1.165, 1.54) is 32.1 Å². The van der Waals surface area contributed by atoms with Crippen molar-refractivity contribution in [3.63, 3.8) is 0 Å². The minimum Gasteiger partial charge on any atom is -0.492 e. The number of rotatable bonds is 6. The summed E-state index contributed by atoms with van der Waals surface area (Å²) in [6.45, 7) is 1.94. The summed E-state index contributed by atoms with van der Waals surface area (Å²) >= 11 is 0. The molecule has 1 aliphatic heterocycles. The van der Waals surface area contributed by atoms with Gasteiger partial charge in [-0.2, -0.15) is 0 Å². The molecule has 22 heavy (non-hydrogen) atoms. The summed E-state index contributed by atoms with van der Waals surface area (Å²) < 4.78 is 11.6. The van der Waals surface area contributed by atoms with Gasteiger partial charge in [0.05, 0.1) is 6.04 Å². The van der Waals surface area contributed by atoms with Crippen molar-refractivity contribution in [1.82, 2.24) is 14.9 Å². The molecule has 2 fully saturated rings. The summed E-state index contributed by atoms with van der Waals surface area (Å²) in [5.74, 6) is 2.10. The van der Waals surface area contributed by atoms with Crippen LogP contribution in [0.4, 0.5) is 0 Å². The van der Waals surface area contributed by atoms with Crippen molar-refractivity contribution >= 4 is 0 Å². The van der Waals surface area contributed by atoms with Crippen LogP contribution in [-0.4, -0.2) is 40.1 Å². The number of ether oxygens (including phenoxy) is 2. The molecule has 0 bridgehead atoms. The van der Waals surface area contributed by atoms with Crippen LogP contribution in [0.5, 0.6) is 17.4 Å². The Morgan fingerprint density at radius 3 is 2.86 bits per heavy atom. The Hall–Kier alpha value is -2.14. The normalized spacial score (nSPS) is 23.6. The maximum absolute atomic E-state index is 5.90. The van der Waals surface area contributed by atoms with Gasteiger partial charge in [0.2, 0.25) is 5.88 Å². The molecule has 1 aromatic carbocycles. The summed E-state index contributed by atoms with van der Waals surface area (Å²) in [6, 6.07) is 10.8. The zero-order valence-corrected chi connectivity index (χ0v) is 12.4. The number of aromatic nitrogens is 2. The van der Waals surface area contributed by atoms with Crippen LogP contribution in [0.3, 0.4) is 0 Å². The van der Waals surface area contributed by atoms with Crippen LogP contribution in [0.1, 0.15) is 19.3 Å². The molecule has 2 heterocycles. The largest absolute Gasteiger partial charge is 0.492 e. The first kappa shape index (κ1) is 13.5. The minimum absolute atomic E-state index is 0.533. The zero-order valence-electron chi connectivity index (χ0n) is 12.4. The van der Waals surface area contributed by atoms with E-state index >= 15 is 0 Å². The van der Waals surface area contributed by atoms with Crippen molar-refractivity contribution in [3.8, 4) is 17.4 Å². The number of nitrogens with zero attached hydrogens (tertiary/aromatic N) is 3. The number of hydrogen-bond donors (Lipinski definition) is 0. The molecule has 1 saturated carbocycles. The van der Waals surface area contributed by atoms with Crippen molar-refractivity contribution in [3.05, 3.63) is 42.9 Å². The molecule has 2 aromatic rings. The van der Waals surface area contributed by atoms with E-state index in [2.05, 4.69) is 14.9 Å². The molecule has 2 unspecified atom stereocenters. The summed E-state index contributed by atoms with van der Waals surface area (Å²) in [5.41, 5.74) is 0. The Kier molecular flexibility index (Phi) is 3.64. The van der Waals surface area contributed by atoms with Gasteiger partial charge in [0.1, 0.15) is 24.4 Å². The minimum atomic E-state index is 0.533. The van der Waals surface area contributed by atoms with Gasteiger partial charge in [0.15, 0.2) is 0 Å². The van der Waals surface area contributed by atoms with Gasteiger partial charge in [-0.1, -0.05) is 12.5 Å². The predicted octanol–water partition coefficient (Wildman–Crippen LogP) is 2.88. The van der Waals surface area contributed by atoms with E-state index in [1.54, 1.807) is 12.3 Å². The van der Waals surface area contributed by atoms with Crippen LogP contribution in [0.25, 0.3) is 0 Å². The average Bonchev–Trinajstić information content (AvgIpc) is 3.24. The van der Waals surface area contributed by atoms with Gasteiger partial charge >= 0.3 is 0 Å². The van der Waals surface area contributed by atoms with Crippen molar-refractivity contribution in [2.45, 2.75) is 31.3 Å². The van der Waals surface area contributed by atoms with E-state index in [4.69, 9.17) is 9.47 Å². The van der Waals surface area contributed by atoms with Crippen LogP contribution < -0.4 is 9.47 Å². The summed E-state index contributed by atoms with van der Waals surface area (Å²) in [7, 11) is 0. The smallest absolute Gasteiger partial charge is 0.222 e. The van der Waals surface area contributed by atoms with E-state index in [9.17, 15) is 0 Å². The number of benzene rings is 1. The average molecular weight is 297 g/mol. The molecule has 1 saturated heterocycles. The van der Waals surface area contributed by atoms with Crippen molar-refractivity contribution in [1.29, 1.82) is 0 Å². The second kappa shape index (κ2) is 5.93. The second-order valence-corrected chi connectivity index (χ2v) is 5.87. The topological polar surface area (TPSA) is 47.2 Å². The maximum atomic E-state index is 5.90. The van der Waals surface area contributed by atoms with Crippen LogP contribution in [0.2, 0.25) is 0 Å². The van der Waals surface area contributed by atoms with Gasteiger partial charge in [-0.05, 0) is 25.0 Å². The van der Waals surface area contributed by atoms with Gasteiger partial charge in [-0.3, -0.25) is 4.90 Å². The van der Waals surface area contributed by atoms with Gasteiger partial charge in [-0.15, -0.1) is 0 Å². The lowest BCUT2D eigenvalue weighted by molar-refractivity contribution is 0.215. The quantitative estimate of drug-likeness (QED) is 0.767. The van der Waals surface area contributed by atoms with Crippen LogP contribution in [0.15, 0.2) is 42.9 Å². The molecule has 0 radical (unpaired) electrons. The molecule has 5 heteroatoms. The van der Waals surface area contributed by atoms with Crippen molar-refractivity contribution in [2.24, 2.45) is 0 Å². The molecule has 1 aromatic heterocycles. The monoisotopic (exact) mass is 297 g/mol. The lowest BCUT2D eigenvalue weighted by atomic mass is 9.93. The second-order valence-electron chi connectivity index (χ2n) is 5.87. The summed E-state index contributed by atoms with van der Waals surface area (Å²) in [4.78, 5) is 10.5. The Balaban J connectivity index is 1.32. The first-order chi connectivity index (χ1) is 10.9. The molecular formula is C17H19N3O2. The van der Waals surface area contributed by atoms with Gasteiger partial charge in [-0.25, -0.2) is 9.97 Å².